The summed E-state index contributed by atoms with van der Waals surface area (Å²) in [6.45, 7) is 1.56. The number of hydrogen-bond acceptors (Lipinski definition) is 1. The maximum atomic E-state index is 14.3. The molecule has 1 fully saturated rings. The van der Waals surface area contributed by atoms with E-state index in [1.54, 1.807) is 13.2 Å². The quantitative estimate of drug-likeness (QED) is 0.717. The van der Waals surface area contributed by atoms with Gasteiger partial charge in [0.15, 0.2) is 0 Å². The first-order valence-corrected chi connectivity index (χ1v) is 8.08. The second kappa shape index (κ2) is 6.61. The van der Waals surface area contributed by atoms with Crippen molar-refractivity contribution in [3.63, 3.8) is 0 Å². The molecule has 0 bridgehead atoms. The van der Waals surface area contributed by atoms with Crippen molar-refractivity contribution in [2.24, 2.45) is 0 Å². The SMILES string of the molecule is COCCCn1c(C2CCCCC2)cc2cccc(F)c21. The van der Waals surface area contributed by atoms with E-state index in [4.69, 9.17) is 4.74 Å². The van der Waals surface area contributed by atoms with E-state index < -0.39 is 0 Å². The van der Waals surface area contributed by atoms with Crippen molar-refractivity contribution >= 4 is 10.9 Å². The van der Waals surface area contributed by atoms with Crippen LogP contribution < -0.4 is 0 Å². The molecule has 1 saturated carbocycles. The summed E-state index contributed by atoms with van der Waals surface area (Å²) >= 11 is 0. The number of ether oxygens (including phenoxy) is 1. The molecule has 2 nitrogen and oxygen atoms in total. The van der Waals surface area contributed by atoms with E-state index in [1.165, 1.54) is 37.8 Å². The number of fused-ring (bicyclic) bond motifs is 1. The molecule has 1 aromatic heterocycles. The smallest absolute Gasteiger partial charge is 0.147 e. The van der Waals surface area contributed by atoms with Gasteiger partial charge in [-0.1, -0.05) is 31.4 Å². The second-order valence-electron chi connectivity index (χ2n) is 6.08. The number of rotatable bonds is 5. The van der Waals surface area contributed by atoms with Crippen LogP contribution in [-0.4, -0.2) is 18.3 Å². The van der Waals surface area contributed by atoms with Gasteiger partial charge in [0.05, 0.1) is 5.52 Å². The monoisotopic (exact) mass is 289 g/mol. The molecule has 0 amide bonds. The summed E-state index contributed by atoms with van der Waals surface area (Å²) in [5.41, 5.74) is 2.10. The highest BCUT2D eigenvalue weighted by Gasteiger charge is 2.21. The van der Waals surface area contributed by atoms with Gasteiger partial charge in [0.1, 0.15) is 5.82 Å². The fraction of sp³-hybridized carbons (Fsp3) is 0.556. The third-order valence-corrected chi connectivity index (χ3v) is 4.66. The average molecular weight is 289 g/mol. The van der Waals surface area contributed by atoms with Crippen molar-refractivity contribution in [2.45, 2.75) is 51.0 Å². The largest absolute Gasteiger partial charge is 0.385 e. The number of benzene rings is 1. The molecular weight excluding hydrogens is 265 g/mol. The molecule has 0 N–H and O–H groups in total. The molecule has 3 heteroatoms. The molecule has 0 aliphatic heterocycles. The molecular formula is C18H24FNO. The minimum absolute atomic E-state index is 0.105. The summed E-state index contributed by atoms with van der Waals surface area (Å²) in [7, 11) is 1.72. The Labute approximate surface area is 125 Å². The van der Waals surface area contributed by atoms with Crippen LogP contribution in [0.15, 0.2) is 24.3 Å². The van der Waals surface area contributed by atoms with Crippen LogP contribution >= 0.6 is 0 Å². The van der Waals surface area contributed by atoms with Gasteiger partial charge in [0.25, 0.3) is 0 Å². The first-order chi connectivity index (χ1) is 10.3. The lowest BCUT2D eigenvalue weighted by atomic mass is 9.87. The molecule has 1 heterocycles. The van der Waals surface area contributed by atoms with Crippen LogP contribution in [0.2, 0.25) is 0 Å². The standard InChI is InChI=1S/C18H24FNO/c1-21-12-6-11-20-17(14-7-3-2-4-8-14)13-15-9-5-10-16(19)18(15)20/h5,9-10,13-14H,2-4,6-8,11-12H2,1H3. The molecule has 114 valence electrons. The Morgan fingerprint density at radius 3 is 2.81 bits per heavy atom. The van der Waals surface area contributed by atoms with Crippen molar-refractivity contribution in [2.75, 3.05) is 13.7 Å². The van der Waals surface area contributed by atoms with Crippen molar-refractivity contribution in [1.29, 1.82) is 0 Å². The zero-order valence-electron chi connectivity index (χ0n) is 12.8. The number of halogens is 1. The van der Waals surface area contributed by atoms with E-state index in [2.05, 4.69) is 10.6 Å². The summed E-state index contributed by atoms with van der Waals surface area (Å²) in [6, 6.07) is 7.61. The summed E-state index contributed by atoms with van der Waals surface area (Å²) in [5.74, 6) is 0.486. The van der Waals surface area contributed by atoms with Crippen LogP contribution in [0.3, 0.4) is 0 Å². The van der Waals surface area contributed by atoms with E-state index >= 15 is 0 Å². The lowest BCUT2D eigenvalue weighted by Crippen LogP contribution is -2.12. The van der Waals surface area contributed by atoms with E-state index in [9.17, 15) is 4.39 Å². The number of para-hydroxylation sites is 1. The number of aryl methyl sites for hydroxylation is 1. The number of methoxy groups -OCH3 is 1. The lowest BCUT2D eigenvalue weighted by Gasteiger charge is -2.23. The summed E-state index contributed by atoms with van der Waals surface area (Å²) in [4.78, 5) is 0. The van der Waals surface area contributed by atoms with Crippen LogP contribution in [0.25, 0.3) is 10.9 Å². The normalized spacial score (nSPS) is 16.7. The Balaban J connectivity index is 2.00. The molecule has 21 heavy (non-hydrogen) atoms. The molecule has 1 aromatic carbocycles. The maximum Gasteiger partial charge on any atom is 0.147 e. The topological polar surface area (TPSA) is 14.2 Å². The third kappa shape index (κ3) is 2.98. The number of nitrogens with zero attached hydrogens (tertiary/aromatic N) is 1. The predicted molar refractivity (Wildman–Crippen MR) is 84.2 cm³/mol. The van der Waals surface area contributed by atoms with Gasteiger partial charge in [-0.05, 0) is 37.3 Å². The minimum atomic E-state index is -0.105. The van der Waals surface area contributed by atoms with Gasteiger partial charge in [-0.15, -0.1) is 0 Å². The molecule has 0 spiro atoms. The molecule has 0 saturated heterocycles. The van der Waals surface area contributed by atoms with Gasteiger partial charge in [0, 0.05) is 31.3 Å². The summed E-state index contributed by atoms with van der Waals surface area (Å²) in [5, 5.41) is 1.04. The van der Waals surface area contributed by atoms with Crippen LogP contribution in [-0.2, 0) is 11.3 Å². The highest BCUT2D eigenvalue weighted by molar-refractivity contribution is 5.82. The molecule has 1 aliphatic carbocycles. The Hall–Kier alpha value is -1.35. The van der Waals surface area contributed by atoms with Crippen molar-refractivity contribution in [1.82, 2.24) is 4.57 Å². The zero-order valence-corrected chi connectivity index (χ0v) is 12.8. The van der Waals surface area contributed by atoms with Gasteiger partial charge in [-0.25, -0.2) is 4.39 Å². The van der Waals surface area contributed by atoms with E-state index in [-0.39, 0.29) is 5.82 Å². The Kier molecular flexibility index (Phi) is 4.59. The minimum Gasteiger partial charge on any atom is -0.385 e. The van der Waals surface area contributed by atoms with E-state index in [1.807, 2.05) is 12.1 Å². The van der Waals surface area contributed by atoms with Crippen molar-refractivity contribution in [3.05, 3.63) is 35.8 Å². The van der Waals surface area contributed by atoms with Crippen molar-refractivity contribution < 1.29 is 9.13 Å². The Bertz CT molecular complexity index is 599. The van der Waals surface area contributed by atoms with Crippen LogP contribution in [0, 0.1) is 5.82 Å². The molecule has 1 aliphatic rings. The first-order valence-electron chi connectivity index (χ1n) is 8.08. The van der Waals surface area contributed by atoms with Crippen LogP contribution in [0.1, 0.15) is 50.1 Å². The summed E-state index contributed by atoms with van der Waals surface area (Å²) in [6.07, 6.45) is 7.34. The molecule has 3 rings (SSSR count). The average Bonchev–Trinajstić information content (AvgIpc) is 2.89. The fourth-order valence-electron chi connectivity index (χ4n) is 3.64. The Morgan fingerprint density at radius 2 is 2.05 bits per heavy atom. The van der Waals surface area contributed by atoms with Gasteiger partial charge >= 0.3 is 0 Å². The fourth-order valence-corrected chi connectivity index (χ4v) is 3.64. The lowest BCUT2D eigenvalue weighted by molar-refractivity contribution is 0.190. The van der Waals surface area contributed by atoms with Crippen LogP contribution in [0.4, 0.5) is 4.39 Å². The predicted octanol–water partition coefficient (Wildman–Crippen LogP) is 4.86. The van der Waals surface area contributed by atoms with Gasteiger partial charge < -0.3 is 9.30 Å². The van der Waals surface area contributed by atoms with Gasteiger partial charge in [-0.3, -0.25) is 0 Å². The summed E-state index contributed by atoms with van der Waals surface area (Å²) < 4.78 is 21.7. The van der Waals surface area contributed by atoms with Crippen molar-refractivity contribution in [3.8, 4) is 0 Å². The van der Waals surface area contributed by atoms with E-state index in [0.717, 1.165) is 30.5 Å². The highest BCUT2D eigenvalue weighted by atomic mass is 19.1. The Morgan fingerprint density at radius 1 is 1.24 bits per heavy atom. The second-order valence-corrected chi connectivity index (χ2v) is 6.08. The van der Waals surface area contributed by atoms with Crippen LogP contribution in [0.5, 0.6) is 0 Å². The maximum absolute atomic E-state index is 14.3. The molecule has 0 atom stereocenters. The number of hydrogen-bond donors (Lipinski definition) is 0. The molecule has 2 aromatic rings. The van der Waals surface area contributed by atoms with Gasteiger partial charge in [-0.2, -0.15) is 0 Å². The zero-order chi connectivity index (χ0) is 14.7. The first kappa shape index (κ1) is 14.6. The highest BCUT2D eigenvalue weighted by Crippen LogP contribution is 2.36. The molecule has 0 radical (unpaired) electrons. The molecule has 0 unspecified atom stereocenters. The van der Waals surface area contributed by atoms with Gasteiger partial charge in [0.2, 0.25) is 0 Å². The van der Waals surface area contributed by atoms with E-state index in [0.29, 0.717) is 5.92 Å². The number of aromatic nitrogens is 1. The third-order valence-electron chi connectivity index (χ3n) is 4.66.